The van der Waals surface area contributed by atoms with Crippen LogP contribution in [0.15, 0.2) is 24.3 Å². The van der Waals surface area contributed by atoms with Gasteiger partial charge in [0, 0.05) is 62.7 Å². The summed E-state index contributed by atoms with van der Waals surface area (Å²) < 4.78 is 0. The van der Waals surface area contributed by atoms with Crippen molar-refractivity contribution < 1.29 is 4.79 Å². The summed E-state index contributed by atoms with van der Waals surface area (Å²) >= 11 is 0. The summed E-state index contributed by atoms with van der Waals surface area (Å²) in [6.45, 7) is 8.15. The number of hydrogen-bond acceptors (Lipinski definition) is 5. The quantitative estimate of drug-likeness (QED) is 0.817. The molecule has 1 N–H and O–H groups in total. The number of likely N-dealkylation sites (tertiary alicyclic amines) is 1. The maximum absolute atomic E-state index is 12.7. The number of carbonyl (C=O) groups is 1. The van der Waals surface area contributed by atoms with Crippen molar-refractivity contribution in [3.8, 4) is 0 Å². The van der Waals surface area contributed by atoms with Crippen LogP contribution in [0.3, 0.4) is 0 Å². The van der Waals surface area contributed by atoms with Gasteiger partial charge in [0.05, 0.1) is 0 Å². The lowest BCUT2D eigenvalue weighted by Gasteiger charge is -2.42. The van der Waals surface area contributed by atoms with E-state index in [0.717, 1.165) is 45.0 Å². The number of urea groups is 1. The highest BCUT2D eigenvalue weighted by atomic mass is 16.2. The zero-order chi connectivity index (χ0) is 21.1. The molecule has 4 rings (SSSR count). The van der Waals surface area contributed by atoms with Crippen LogP contribution in [0.25, 0.3) is 0 Å². The Morgan fingerprint density at radius 2 is 1.60 bits per heavy atom. The van der Waals surface area contributed by atoms with E-state index in [2.05, 4.69) is 58.2 Å². The van der Waals surface area contributed by atoms with Crippen molar-refractivity contribution in [3.05, 3.63) is 24.3 Å². The van der Waals surface area contributed by atoms with Gasteiger partial charge in [0.2, 0.25) is 0 Å². The summed E-state index contributed by atoms with van der Waals surface area (Å²) in [6.07, 6.45) is 3.71. The average Bonchev–Trinajstić information content (AvgIpc) is 3.26. The lowest BCUT2D eigenvalue weighted by Crippen LogP contribution is -2.54. The molecule has 0 saturated carbocycles. The topological polar surface area (TPSA) is 45.3 Å². The van der Waals surface area contributed by atoms with Crippen LogP contribution < -0.4 is 10.2 Å². The molecule has 0 bridgehead atoms. The van der Waals surface area contributed by atoms with Gasteiger partial charge in [-0.25, -0.2) is 4.79 Å². The van der Waals surface area contributed by atoms with Gasteiger partial charge in [-0.2, -0.15) is 0 Å². The third-order valence-electron chi connectivity index (χ3n) is 7.18. The van der Waals surface area contributed by atoms with Gasteiger partial charge in [0.15, 0.2) is 0 Å². The minimum absolute atomic E-state index is 0.0274. The average molecular weight is 415 g/mol. The molecule has 30 heavy (non-hydrogen) atoms. The van der Waals surface area contributed by atoms with Gasteiger partial charge in [-0.05, 0) is 77.8 Å². The van der Waals surface area contributed by atoms with Crippen molar-refractivity contribution >= 4 is 17.4 Å². The molecule has 3 aliphatic rings. The van der Waals surface area contributed by atoms with Crippen LogP contribution in [0.1, 0.15) is 19.3 Å². The summed E-state index contributed by atoms with van der Waals surface area (Å²) in [6, 6.07) is 9.67. The smallest absolute Gasteiger partial charge is 0.321 e. The Morgan fingerprint density at radius 1 is 0.933 bits per heavy atom. The number of likely N-dealkylation sites (N-methyl/N-ethyl adjacent to an activating group) is 1. The molecule has 1 aromatic carbocycles. The Morgan fingerprint density at radius 3 is 2.20 bits per heavy atom. The largest absolute Gasteiger partial charge is 0.370 e. The highest BCUT2D eigenvalue weighted by molar-refractivity contribution is 5.89. The Bertz CT molecular complexity index is 692. The van der Waals surface area contributed by atoms with Crippen molar-refractivity contribution in [1.82, 2.24) is 19.6 Å². The lowest BCUT2D eigenvalue weighted by molar-refractivity contribution is 0.0775. The first-order chi connectivity index (χ1) is 14.5. The molecule has 166 valence electrons. The van der Waals surface area contributed by atoms with E-state index >= 15 is 0 Å². The van der Waals surface area contributed by atoms with Crippen LogP contribution in [0, 0.1) is 0 Å². The summed E-state index contributed by atoms with van der Waals surface area (Å²) in [4.78, 5) is 24.4. The Kier molecular flexibility index (Phi) is 6.80. The van der Waals surface area contributed by atoms with Gasteiger partial charge < -0.3 is 24.9 Å². The molecule has 0 aromatic heterocycles. The fourth-order valence-corrected chi connectivity index (χ4v) is 5.01. The Labute approximate surface area is 181 Å². The number of carbonyl (C=O) groups excluding carboxylic acids is 1. The van der Waals surface area contributed by atoms with Gasteiger partial charge >= 0.3 is 6.03 Å². The van der Waals surface area contributed by atoms with Crippen molar-refractivity contribution in [2.24, 2.45) is 0 Å². The monoisotopic (exact) mass is 414 g/mol. The van der Waals surface area contributed by atoms with Crippen LogP contribution in [-0.2, 0) is 0 Å². The number of nitrogens with one attached hydrogen (secondary N) is 1. The van der Waals surface area contributed by atoms with E-state index in [0.29, 0.717) is 12.1 Å². The van der Waals surface area contributed by atoms with Crippen molar-refractivity contribution in [3.63, 3.8) is 0 Å². The van der Waals surface area contributed by atoms with Gasteiger partial charge in [0.1, 0.15) is 0 Å². The summed E-state index contributed by atoms with van der Waals surface area (Å²) in [5.74, 6) is 0. The molecule has 0 spiro atoms. The molecule has 0 radical (unpaired) electrons. The first kappa shape index (κ1) is 21.4. The Balaban J connectivity index is 1.24. The van der Waals surface area contributed by atoms with E-state index in [4.69, 9.17) is 0 Å². The lowest BCUT2D eigenvalue weighted by atomic mass is 10.0. The zero-order valence-corrected chi connectivity index (χ0v) is 18.9. The van der Waals surface area contributed by atoms with Crippen LogP contribution in [0.5, 0.6) is 0 Å². The van der Waals surface area contributed by atoms with Crippen LogP contribution in [-0.4, -0.2) is 111 Å². The third-order valence-corrected chi connectivity index (χ3v) is 7.18. The van der Waals surface area contributed by atoms with E-state index in [1.165, 1.54) is 38.0 Å². The predicted molar refractivity (Wildman–Crippen MR) is 123 cm³/mol. The minimum Gasteiger partial charge on any atom is -0.370 e. The van der Waals surface area contributed by atoms with E-state index in [1.807, 2.05) is 17.0 Å². The highest BCUT2D eigenvalue weighted by Crippen LogP contribution is 2.24. The van der Waals surface area contributed by atoms with Crippen molar-refractivity contribution in [2.45, 2.75) is 31.3 Å². The molecule has 3 fully saturated rings. The van der Waals surface area contributed by atoms with Gasteiger partial charge in [-0.1, -0.05) is 0 Å². The van der Waals surface area contributed by atoms with Crippen molar-refractivity contribution in [2.75, 3.05) is 83.7 Å². The SMILES string of the molecule is CN1CCC(N2CCN(C(=O)Nc3ccc(N4CCC(N(C)C)C4)cc3)CC2)CC1. The Hall–Kier alpha value is -1.83. The van der Waals surface area contributed by atoms with Crippen LogP contribution in [0.4, 0.5) is 16.2 Å². The van der Waals surface area contributed by atoms with Gasteiger partial charge in [-0.15, -0.1) is 0 Å². The number of benzene rings is 1. The molecule has 3 aliphatic heterocycles. The fourth-order valence-electron chi connectivity index (χ4n) is 5.01. The molecule has 1 aromatic rings. The first-order valence-corrected chi connectivity index (χ1v) is 11.5. The number of hydrogen-bond donors (Lipinski definition) is 1. The molecular formula is C23H38N6O. The summed E-state index contributed by atoms with van der Waals surface area (Å²) in [7, 11) is 6.51. The van der Waals surface area contributed by atoms with Crippen LogP contribution >= 0.6 is 0 Å². The maximum atomic E-state index is 12.7. The number of rotatable bonds is 4. The minimum atomic E-state index is 0.0274. The normalized spacial score (nSPS) is 24.6. The van der Waals surface area contributed by atoms with E-state index in [9.17, 15) is 4.79 Å². The molecule has 0 aliphatic carbocycles. The number of piperazine rings is 1. The molecule has 2 amide bonds. The van der Waals surface area contributed by atoms with Crippen molar-refractivity contribution in [1.29, 1.82) is 0 Å². The second kappa shape index (κ2) is 9.54. The molecule has 1 atom stereocenters. The second-order valence-corrected chi connectivity index (χ2v) is 9.39. The maximum Gasteiger partial charge on any atom is 0.321 e. The van der Waals surface area contributed by atoms with Gasteiger partial charge in [0.25, 0.3) is 0 Å². The fraction of sp³-hybridized carbons (Fsp3) is 0.696. The first-order valence-electron chi connectivity index (χ1n) is 11.5. The molecule has 3 heterocycles. The highest BCUT2D eigenvalue weighted by Gasteiger charge is 2.28. The summed E-state index contributed by atoms with van der Waals surface area (Å²) in [5.41, 5.74) is 2.12. The number of nitrogens with zero attached hydrogens (tertiary/aromatic N) is 5. The summed E-state index contributed by atoms with van der Waals surface area (Å²) in [5, 5.41) is 3.09. The molecule has 7 nitrogen and oxygen atoms in total. The predicted octanol–water partition coefficient (Wildman–Crippen LogP) is 2.07. The molecule has 7 heteroatoms. The second-order valence-electron chi connectivity index (χ2n) is 9.39. The zero-order valence-electron chi connectivity index (χ0n) is 18.9. The standard InChI is InChI=1S/C23H38N6O/c1-25(2)22-10-13-29(18-22)20-6-4-19(5-7-20)24-23(30)28-16-14-27(15-17-28)21-8-11-26(3)12-9-21/h4-7,21-22H,8-18H2,1-3H3,(H,24,30). The molecular weight excluding hydrogens is 376 g/mol. The third kappa shape index (κ3) is 5.07. The molecule has 1 unspecified atom stereocenters. The van der Waals surface area contributed by atoms with E-state index in [-0.39, 0.29) is 6.03 Å². The van der Waals surface area contributed by atoms with Crippen LogP contribution in [0.2, 0.25) is 0 Å². The number of anilines is 2. The van der Waals surface area contributed by atoms with E-state index < -0.39 is 0 Å². The molecule has 3 saturated heterocycles. The number of amides is 2. The van der Waals surface area contributed by atoms with E-state index in [1.54, 1.807) is 0 Å². The number of piperidine rings is 1. The van der Waals surface area contributed by atoms with Gasteiger partial charge in [-0.3, -0.25) is 4.90 Å².